The normalized spacial score (nSPS) is 14.2. The third kappa shape index (κ3) is 5.37. The second kappa shape index (κ2) is 10.4. The van der Waals surface area contributed by atoms with Crippen LogP contribution >= 0.6 is 22.9 Å². The van der Waals surface area contributed by atoms with Crippen molar-refractivity contribution in [2.75, 3.05) is 25.1 Å². The molecule has 0 N–H and O–H groups in total. The Labute approximate surface area is 201 Å². The quantitative estimate of drug-likeness (QED) is 0.453. The van der Waals surface area contributed by atoms with E-state index in [0.29, 0.717) is 54.5 Å². The number of benzene rings is 2. The Kier molecular flexibility index (Phi) is 7.30. The Bertz CT molecular complexity index is 1110. The minimum Gasteiger partial charge on any atom is -0.496 e. The maximum absolute atomic E-state index is 13.5. The van der Waals surface area contributed by atoms with Crippen LogP contribution in [-0.2, 0) is 11.3 Å². The highest BCUT2D eigenvalue weighted by Crippen LogP contribution is 2.29. The highest BCUT2D eigenvalue weighted by Gasteiger charge is 2.32. The molecular formula is C25H24ClFN2O3S. The van der Waals surface area contributed by atoms with Crippen molar-refractivity contribution >= 4 is 40.4 Å². The molecule has 1 aliphatic heterocycles. The molecule has 1 saturated heterocycles. The van der Waals surface area contributed by atoms with Crippen molar-refractivity contribution in [3.05, 3.63) is 81.3 Å². The van der Waals surface area contributed by atoms with E-state index in [1.807, 2.05) is 17.5 Å². The number of nitrogens with zero attached hydrogens (tertiary/aromatic N) is 2. The topological polar surface area (TPSA) is 49.9 Å². The number of thiophene rings is 1. The van der Waals surface area contributed by atoms with Gasteiger partial charge in [0.15, 0.2) is 0 Å². The van der Waals surface area contributed by atoms with E-state index < -0.39 is 0 Å². The van der Waals surface area contributed by atoms with E-state index in [-0.39, 0.29) is 23.5 Å². The van der Waals surface area contributed by atoms with Crippen LogP contribution in [0, 0.1) is 11.7 Å². The van der Waals surface area contributed by atoms with Gasteiger partial charge in [0, 0.05) is 34.6 Å². The second-order valence-electron chi connectivity index (χ2n) is 7.89. The van der Waals surface area contributed by atoms with E-state index in [4.69, 9.17) is 16.3 Å². The minimum atomic E-state index is -0.342. The van der Waals surface area contributed by atoms with Crippen LogP contribution in [0.15, 0.2) is 60.0 Å². The summed E-state index contributed by atoms with van der Waals surface area (Å²) in [6.07, 6.45) is 1.10. The van der Waals surface area contributed by atoms with Crippen molar-refractivity contribution in [1.82, 2.24) is 4.90 Å². The first-order valence-corrected chi connectivity index (χ1v) is 11.9. The highest BCUT2D eigenvalue weighted by molar-refractivity contribution is 7.09. The first-order chi connectivity index (χ1) is 16.0. The standard InChI is InChI=1S/C25H24ClFN2O3S/c1-32-23-9-4-18(26)15-22(23)25(31)28-12-10-17(11-13-28)24(30)29(16-21-3-2-14-33-21)20-7-5-19(27)6-8-20/h2-9,14-15,17H,10-13,16H2,1H3. The molecule has 0 radical (unpaired) electrons. The minimum absolute atomic E-state index is 0.0116. The lowest BCUT2D eigenvalue weighted by Gasteiger charge is -2.34. The predicted octanol–water partition coefficient (Wildman–Crippen LogP) is 5.63. The summed E-state index contributed by atoms with van der Waals surface area (Å²) in [5, 5.41) is 2.43. The first kappa shape index (κ1) is 23.3. The molecule has 1 aromatic heterocycles. The third-order valence-corrected chi connectivity index (χ3v) is 6.92. The van der Waals surface area contributed by atoms with E-state index in [2.05, 4.69) is 0 Å². The number of methoxy groups -OCH3 is 1. The van der Waals surface area contributed by atoms with Crippen LogP contribution in [0.25, 0.3) is 0 Å². The first-order valence-electron chi connectivity index (χ1n) is 10.7. The van der Waals surface area contributed by atoms with Crippen LogP contribution < -0.4 is 9.64 Å². The molecule has 3 aromatic rings. The number of halogens is 2. The van der Waals surface area contributed by atoms with Gasteiger partial charge in [0.05, 0.1) is 19.2 Å². The summed E-state index contributed by atoms with van der Waals surface area (Å²) in [5.74, 6) is -0.261. The van der Waals surface area contributed by atoms with Gasteiger partial charge in [-0.15, -0.1) is 11.3 Å². The molecule has 0 saturated carbocycles. The summed E-state index contributed by atoms with van der Waals surface area (Å²) >= 11 is 7.66. The zero-order valence-corrected chi connectivity index (χ0v) is 19.7. The summed E-state index contributed by atoms with van der Waals surface area (Å²) < 4.78 is 18.8. The number of carbonyl (C=O) groups is 2. The average molecular weight is 487 g/mol. The molecule has 1 fully saturated rings. The number of rotatable bonds is 6. The molecule has 33 heavy (non-hydrogen) atoms. The molecule has 1 aliphatic rings. The SMILES string of the molecule is COc1ccc(Cl)cc1C(=O)N1CCC(C(=O)N(Cc2cccs2)c2ccc(F)cc2)CC1. The third-order valence-electron chi connectivity index (χ3n) is 5.82. The van der Waals surface area contributed by atoms with E-state index in [9.17, 15) is 14.0 Å². The number of likely N-dealkylation sites (tertiary alicyclic amines) is 1. The lowest BCUT2D eigenvalue weighted by Crippen LogP contribution is -2.44. The Morgan fingerprint density at radius 2 is 1.88 bits per heavy atom. The predicted molar refractivity (Wildman–Crippen MR) is 129 cm³/mol. The van der Waals surface area contributed by atoms with Crippen molar-refractivity contribution in [2.24, 2.45) is 5.92 Å². The van der Waals surface area contributed by atoms with Gasteiger partial charge in [0.2, 0.25) is 5.91 Å². The van der Waals surface area contributed by atoms with Gasteiger partial charge >= 0.3 is 0 Å². The van der Waals surface area contributed by atoms with Gasteiger partial charge in [0.25, 0.3) is 5.91 Å². The van der Waals surface area contributed by atoms with Crippen molar-refractivity contribution in [2.45, 2.75) is 19.4 Å². The molecule has 0 spiro atoms. The molecule has 2 aromatic carbocycles. The molecule has 0 aliphatic carbocycles. The van der Waals surface area contributed by atoms with Crippen LogP contribution in [0.1, 0.15) is 28.1 Å². The highest BCUT2D eigenvalue weighted by atomic mass is 35.5. The molecule has 0 bridgehead atoms. The molecule has 0 atom stereocenters. The van der Waals surface area contributed by atoms with Crippen molar-refractivity contribution in [3.63, 3.8) is 0 Å². The number of carbonyl (C=O) groups excluding carboxylic acids is 2. The molecular weight excluding hydrogens is 463 g/mol. The summed E-state index contributed by atoms with van der Waals surface area (Å²) in [4.78, 5) is 31.1. The number of hydrogen-bond acceptors (Lipinski definition) is 4. The van der Waals surface area contributed by atoms with Gasteiger partial charge in [-0.2, -0.15) is 0 Å². The molecule has 2 amide bonds. The second-order valence-corrected chi connectivity index (χ2v) is 9.36. The maximum Gasteiger partial charge on any atom is 0.257 e. The van der Waals surface area contributed by atoms with Crippen molar-refractivity contribution < 1.29 is 18.7 Å². The van der Waals surface area contributed by atoms with Crippen molar-refractivity contribution in [3.8, 4) is 5.75 Å². The van der Waals surface area contributed by atoms with Crippen LogP contribution in [-0.4, -0.2) is 36.9 Å². The number of piperidine rings is 1. The number of hydrogen-bond donors (Lipinski definition) is 0. The van der Waals surface area contributed by atoms with Crippen LogP contribution in [0.4, 0.5) is 10.1 Å². The van der Waals surface area contributed by atoms with Gasteiger partial charge in [-0.05, 0) is 66.8 Å². The van der Waals surface area contributed by atoms with Gasteiger partial charge in [-0.3, -0.25) is 9.59 Å². The van der Waals surface area contributed by atoms with Crippen LogP contribution in [0.3, 0.4) is 0 Å². The molecule has 8 heteroatoms. The van der Waals surface area contributed by atoms with Gasteiger partial charge in [0.1, 0.15) is 11.6 Å². The lowest BCUT2D eigenvalue weighted by molar-refractivity contribution is -0.123. The molecule has 172 valence electrons. The van der Waals surface area contributed by atoms with E-state index in [1.165, 1.54) is 19.2 Å². The Morgan fingerprint density at radius 3 is 2.52 bits per heavy atom. The molecule has 2 heterocycles. The largest absolute Gasteiger partial charge is 0.496 e. The number of ether oxygens (including phenoxy) is 1. The zero-order chi connectivity index (χ0) is 23.4. The molecule has 4 rings (SSSR count). The van der Waals surface area contributed by atoms with Gasteiger partial charge in [-0.1, -0.05) is 17.7 Å². The van der Waals surface area contributed by atoms with E-state index in [1.54, 1.807) is 51.5 Å². The monoisotopic (exact) mass is 486 g/mol. The molecule has 0 unspecified atom stereocenters. The summed E-state index contributed by atoms with van der Waals surface area (Å²) in [6.45, 7) is 1.35. The number of anilines is 1. The van der Waals surface area contributed by atoms with E-state index >= 15 is 0 Å². The van der Waals surface area contributed by atoms with E-state index in [0.717, 1.165) is 4.88 Å². The smallest absolute Gasteiger partial charge is 0.257 e. The number of amides is 2. The Balaban J connectivity index is 1.47. The maximum atomic E-state index is 13.5. The van der Waals surface area contributed by atoms with Crippen molar-refractivity contribution in [1.29, 1.82) is 0 Å². The zero-order valence-electron chi connectivity index (χ0n) is 18.2. The fourth-order valence-corrected chi connectivity index (χ4v) is 4.91. The van der Waals surface area contributed by atoms with Gasteiger partial charge < -0.3 is 14.5 Å². The van der Waals surface area contributed by atoms with Crippen LogP contribution in [0.5, 0.6) is 5.75 Å². The Hall–Kier alpha value is -2.90. The Morgan fingerprint density at radius 1 is 1.15 bits per heavy atom. The fourth-order valence-electron chi connectivity index (χ4n) is 4.04. The summed E-state index contributed by atoms with van der Waals surface area (Å²) in [5.41, 5.74) is 1.08. The van der Waals surface area contributed by atoms with Gasteiger partial charge in [-0.25, -0.2) is 4.39 Å². The lowest BCUT2D eigenvalue weighted by atomic mass is 9.94. The molecule has 5 nitrogen and oxygen atoms in total. The van der Waals surface area contributed by atoms with Crippen LogP contribution in [0.2, 0.25) is 5.02 Å². The fraction of sp³-hybridized carbons (Fsp3) is 0.280. The summed E-state index contributed by atoms with van der Waals surface area (Å²) in [6, 6.07) is 14.9. The summed E-state index contributed by atoms with van der Waals surface area (Å²) in [7, 11) is 1.52. The average Bonchev–Trinajstić information content (AvgIpc) is 3.36.